The molecule has 0 atom stereocenters. The molecule has 0 aliphatic rings. The lowest BCUT2D eigenvalue weighted by molar-refractivity contribution is 0.151. The molecule has 0 aromatic heterocycles. The topological polar surface area (TPSA) is 9.23 Å². The molecule has 0 amide bonds. The SMILES string of the molecule is CCCOCCSCCCCl. The van der Waals surface area contributed by atoms with Crippen LogP contribution in [-0.4, -0.2) is 30.6 Å². The molecule has 0 bridgehead atoms. The van der Waals surface area contributed by atoms with Crippen molar-refractivity contribution >= 4 is 23.4 Å². The van der Waals surface area contributed by atoms with Crippen LogP contribution in [0.25, 0.3) is 0 Å². The van der Waals surface area contributed by atoms with Gasteiger partial charge in [0.1, 0.15) is 0 Å². The molecule has 0 aliphatic carbocycles. The van der Waals surface area contributed by atoms with Gasteiger partial charge < -0.3 is 4.74 Å². The van der Waals surface area contributed by atoms with Crippen LogP contribution in [0.1, 0.15) is 19.8 Å². The Labute approximate surface area is 78.8 Å². The van der Waals surface area contributed by atoms with Crippen LogP contribution in [-0.2, 0) is 4.74 Å². The zero-order chi connectivity index (χ0) is 8.36. The molecule has 0 radical (unpaired) electrons. The number of halogens is 1. The lowest BCUT2D eigenvalue weighted by Crippen LogP contribution is -1.98. The van der Waals surface area contributed by atoms with Crippen LogP contribution in [0, 0.1) is 0 Å². The molecule has 0 spiro atoms. The van der Waals surface area contributed by atoms with E-state index < -0.39 is 0 Å². The molecule has 0 N–H and O–H groups in total. The smallest absolute Gasteiger partial charge is 0.0556 e. The van der Waals surface area contributed by atoms with E-state index in [0.717, 1.165) is 37.7 Å². The fourth-order valence-corrected chi connectivity index (χ4v) is 1.70. The predicted molar refractivity (Wildman–Crippen MR) is 53.8 cm³/mol. The number of hydrogen-bond donors (Lipinski definition) is 0. The van der Waals surface area contributed by atoms with Crippen LogP contribution >= 0.6 is 23.4 Å². The maximum Gasteiger partial charge on any atom is 0.0556 e. The van der Waals surface area contributed by atoms with Crippen LogP contribution < -0.4 is 0 Å². The van der Waals surface area contributed by atoms with Gasteiger partial charge in [0.25, 0.3) is 0 Å². The zero-order valence-corrected chi connectivity index (χ0v) is 8.72. The van der Waals surface area contributed by atoms with Crippen molar-refractivity contribution in [3.05, 3.63) is 0 Å². The molecule has 68 valence electrons. The summed E-state index contributed by atoms with van der Waals surface area (Å²) in [6, 6.07) is 0. The molecule has 0 saturated heterocycles. The average molecular weight is 197 g/mol. The summed E-state index contributed by atoms with van der Waals surface area (Å²) in [6.07, 6.45) is 2.23. The van der Waals surface area contributed by atoms with Crippen LogP contribution in [0.2, 0.25) is 0 Å². The van der Waals surface area contributed by atoms with Gasteiger partial charge in [-0.2, -0.15) is 11.8 Å². The summed E-state index contributed by atoms with van der Waals surface area (Å²) in [6.45, 7) is 3.91. The summed E-state index contributed by atoms with van der Waals surface area (Å²) in [5.74, 6) is 3.05. The van der Waals surface area contributed by atoms with E-state index in [4.69, 9.17) is 16.3 Å². The van der Waals surface area contributed by atoms with Gasteiger partial charge in [0.2, 0.25) is 0 Å². The molecule has 3 heteroatoms. The predicted octanol–water partition coefficient (Wildman–Crippen LogP) is 2.78. The lowest BCUT2D eigenvalue weighted by Gasteiger charge is -2.01. The molecule has 0 fully saturated rings. The highest BCUT2D eigenvalue weighted by molar-refractivity contribution is 7.99. The van der Waals surface area contributed by atoms with Gasteiger partial charge in [-0.05, 0) is 18.6 Å². The Bertz CT molecular complexity index is 63.1. The highest BCUT2D eigenvalue weighted by Crippen LogP contribution is 2.02. The third-order valence-electron chi connectivity index (χ3n) is 1.14. The molecule has 0 aromatic carbocycles. The highest BCUT2D eigenvalue weighted by Gasteiger charge is 1.88. The minimum absolute atomic E-state index is 0.781. The normalized spacial score (nSPS) is 10.4. The molecule has 0 unspecified atom stereocenters. The molecule has 0 heterocycles. The number of hydrogen-bond acceptors (Lipinski definition) is 2. The van der Waals surface area contributed by atoms with E-state index in [1.165, 1.54) is 5.75 Å². The van der Waals surface area contributed by atoms with Crippen molar-refractivity contribution in [3.8, 4) is 0 Å². The van der Waals surface area contributed by atoms with E-state index in [9.17, 15) is 0 Å². The fourth-order valence-electron chi connectivity index (χ4n) is 0.623. The Morgan fingerprint density at radius 3 is 2.73 bits per heavy atom. The number of rotatable bonds is 8. The fraction of sp³-hybridized carbons (Fsp3) is 1.00. The highest BCUT2D eigenvalue weighted by atomic mass is 35.5. The summed E-state index contributed by atoms with van der Waals surface area (Å²) in [5.41, 5.74) is 0. The summed E-state index contributed by atoms with van der Waals surface area (Å²) in [7, 11) is 0. The molecule has 1 nitrogen and oxygen atoms in total. The third kappa shape index (κ3) is 10.6. The molecular weight excluding hydrogens is 180 g/mol. The number of ether oxygens (including phenoxy) is 1. The maximum absolute atomic E-state index is 5.52. The maximum atomic E-state index is 5.52. The first kappa shape index (κ1) is 11.6. The van der Waals surface area contributed by atoms with Crippen molar-refractivity contribution in [2.45, 2.75) is 19.8 Å². The van der Waals surface area contributed by atoms with Crippen molar-refractivity contribution in [2.24, 2.45) is 0 Å². The van der Waals surface area contributed by atoms with Crippen LogP contribution in [0.3, 0.4) is 0 Å². The Hall–Kier alpha value is 0.600. The molecule has 0 saturated carbocycles. The van der Waals surface area contributed by atoms with Gasteiger partial charge in [0.05, 0.1) is 6.61 Å². The largest absolute Gasteiger partial charge is 0.381 e. The summed E-state index contributed by atoms with van der Waals surface area (Å²) < 4.78 is 5.31. The Kier molecular flexibility index (Phi) is 11.2. The second kappa shape index (κ2) is 10.6. The molecule has 0 rings (SSSR count). The average Bonchev–Trinajstić information content (AvgIpc) is 2.03. The number of alkyl halides is 1. The quantitative estimate of drug-likeness (QED) is 0.436. The van der Waals surface area contributed by atoms with Gasteiger partial charge in [-0.25, -0.2) is 0 Å². The van der Waals surface area contributed by atoms with Crippen molar-refractivity contribution in [3.63, 3.8) is 0 Å². The zero-order valence-electron chi connectivity index (χ0n) is 7.14. The van der Waals surface area contributed by atoms with Gasteiger partial charge in [-0.3, -0.25) is 0 Å². The van der Waals surface area contributed by atoms with Gasteiger partial charge in [0, 0.05) is 18.2 Å². The van der Waals surface area contributed by atoms with E-state index >= 15 is 0 Å². The first-order valence-corrected chi connectivity index (χ1v) is 5.82. The molecule has 0 aliphatic heterocycles. The minimum atomic E-state index is 0.781. The van der Waals surface area contributed by atoms with Crippen molar-refractivity contribution < 1.29 is 4.74 Å². The third-order valence-corrected chi connectivity index (χ3v) is 2.44. The second-order valence-electron chi connectivity index (χ2n) is 2.27. The lowest BCUT2D eigenvalue weighted by atomic mass is 10.5. The molecule has 0 aromatic rings. The number of thioether (sulfide) groups is 1. The van der Waals surface area contributed by atoms with Gasteiger partial charge in [0.15, 0.2) is 0 Å². The first-order chi connectivity index (χ1) is 5.41. The van der Waals surface area contributed by atoms with E-state index in [0.29, 0.717) is 0 Å². The summed E-state index contributed by atoms with van der Waals surface area (Å²) in [4.78, 5) is 0. The first-order valence-electron chi connectivity index (χ1n) is 4.13. The van der Waals surface area contributed by atoms with Gasteiger partial charge >= 0.3 is 0 Å². The molecule has 11 heavy (non-hydrogen) atoms. The Morgan fingerprint density at radius 2 is 2.09 bits per heavy atom. The monoisotopic (exact) mass is 196 g/mol. The van der Waals surface area contributed by atoms with Crippen molar-refractivity contribution in [2.75, 3.05) is 30.6 Å². The van der Waals surface area contributed by atoms with Crippen molar-refractivity contribution in [1.29, 1.82) is 0 Å². The Morgan fingerprint density at radius 1 is 1.27 bits per heavy atom. The van der Waals surface area contributed by atoms with E-state index in [-0.39, 0.29) is 0 Å². The van der Waals surface area contributed by atoms with Gasteiger partial charge in [-0.1, -0.05) is 6.92 Å². The minimum Gasteiger partial charge on any atom is -0.381 e. The Balaban J connectivity index is 2.69. The van der Waals surface area contributed by atoms with Crippen LogP contribution in [0.4, 0.5) is 0 Å². The van der Waals surface area contributed by atoms with Crippen molar-refractivity contribution in [1.82, 2.24) is 0 Å². The van der Waals surface area contributed by atoms with Gasteiger partial charge in [-0.15, -0.1) is 11.6 Å². The van der Waals surface area contributed by atoms with E-state index in [2.05, 4.69) is 6.92 Å². The van der Waals surface area contributed by atoms with Crippen LogP contribution in [0.15, 0.2) is 0 Å². The second-order valence-corrected chi connectivity index (χ2v) is 3.87. The molecular formula is C8H17ClOS. The summed E-state index contributed by atoms with van der Waals surface area (Å²) >= 11 is 7.44. The van der Waals surface area contributed by atoms with E-state index in [1.54, 1.807) is 0 Å². The standard InChI is InChI=1S/C8H17ClOS/c1-2-5-10-6-8-11-7-3-4-9/h2-8H2,1H3. The summed E-state index contributed by atoms with van der Waals surface area (Å²) in [5, 5.41) is 0. The van der Waals surface area contributed by atoms with E-state index in [1.807, 2.05) is 11.8 Å². The van der Waals surface area contributed by atoms with Crippen LogP contribution in [0.5, 0.6) is 0 Å².